The third kappa shape index (κ3) is 4.17. The van der Waals surface area contributed by atoms with Crippen molar-refractivity contribution in [2.45, 2.75) is 12.5 Å². The summed E-state index contributed by atoms with van der Waals surface area (Å²) in [7, 11) is 3.75. The molecule has 1 aliphatic heterocycles. The van der Waals surface area contributed by atoms with Crippen molar-refractivity contribution in [1.82, 2.24) is 5.32 Å². The van der Waals surface area contributed by atoms with Crippen molar-refractivity contribution in [2.24, 2.45) is 5.92 Å². The highest BCUT2D eigenvalue weighted by atomic mass is 32.2. The van der Waals surface area contributed by atoms with Gasteiger partial charge in [0.15, 0.2) is 0 Å². The van der Waals surface area contributed by atoms with Gasteiger partial charge in [-0.05, 0) is 25.1 Å². The first-order chi connectivity index (χ1) is 6.88. The molecule has 0 aliphatic carbocycles. The summed E-state index contributed by atoms with van der Waals surface area (Å²) in [5, 5.41) is 3.36. The number of rotatable bonds is 7. The molecule has 0 aromatic heterocycles. The quantitative estimate of drug-likeness (QED) is 0.647. The van der Waals surface area contributed by atoms with Crippen LogP contribution in [0.3, 0.4) is 0 Å². The first-order valence-electron chi connectivity index (χ1n) is 5.20. The van der Waals surface area contributed by atoms with E-state index in [-0.39, 0.29) is 0 Å². The lowest BCUT2D eigenvalue weighted by atomic mass is 10.0. The van der Waals surface area contributed by atoms with Crippen LogP contribution in [0.25, 0.3) is 0 Å². The van der Waals surface area contributed by atoms with Crippen molar-refractivity contribution in [2.75, 3.05) is 45.5 Å². The number of thioether (sulfide) groups is 1. The number of ether oxygens (including phenoxy) is 2. The van der Waals surface area contributed by atoms with Crippen LogP contribution in [0.1, 0.15) is 6.42 Å². The maximum atomic E-state index is 5.47. The zero-order valence-electron chi connectivity index (χ0n) is 9.12. The molecule has 1 N–H and O–H groups in total. The second kappa shape index (κ2) is 7.51. The third-order valence-corrected chi connectivity index (χ3v) is 3.89. The molecule has 0 bridgehead atoms. The predicted molar refractivity (Wildman–Crippen MR) is 61.0 cm³/mol. The number of hydrogen-bond donors (Lipinski definition) is 1. The largest absolute Gasteiger partial charge is 0.382 e. The summed E-state index contributed by atoms with van der Waals surface area (Å²) in [5.74, 6) is 3.31. The van der Waals surface area contributed by atoms with Crippen LogP contribution in [0.15, 0.2) is 0 Å². The van der Waals surface area contributed by atoms with Gasteiger partial charge in [0.25, 0.3) is 0 Å². The predicted octanol–water partition coefficient (Wildman–Crippen LogP) is 0.990. The fraction of sp³-hybridized carbons (Fsp3) is 1.00. The van der Waals surface area contributed by atoms with Crippen molar-refractivity contribution in [3.05, 3.63) is 0 Å². The van der Waals surface area contributed by atoms with Gasteiger partial charge in [-0.15, -0.1) is 0 Å². The monoisotopic (exact) mass is 219 g/mol. The van der Waals surface area contributed by atoms with Crippen molar-refractivity contribution in [3.8, 4) is 0 Å². The molecular weight excluding hydrogens is 198 g/mol. The molecule has 84 valence electrons. The van der Waals surface area contributed by atoms with E-state index in [4.69, 9.17) is 9.47 Å². The Morgan fingerprint density at radius 2 is 2.14 bits per heavy atom. The topological polar surface area (TPSA) is 30.5 Å². The van der Waals surface area contributed by atoms with Gasteiger partial charge in [0, 0.05) is 25.5 Å². The number of nitrogens with one attached hydrogen (secondary N) is 1. The minimum atomic E-state index is 0.686. The molecule has 2 unspecified atom stereocenters. The van der Waals surface area contributed by atoms with E-state index in [0.29, 0.717) is 12.6 Å². The molecule has 14 heavy (non-hydrogen) atoms. The molecule has 0 radical (unpaired) electrons. The summed E-state index contributed by atoms with van der Waals surface area (Å²) in [4.78, 5) is 0. The Morgan fingerprint density at radius 3 is 2.86 bits per heavy atom. The van der Waals surface area contributed by atoms with Gasteiger partial charge in [0.05, 0.1) is 13.2 Å². The van der Waals surface area contributed by atoms with Crippen LogP contribution in [-0.4, -0.2) is 51.5 Å². The van der Waals surface area contributed by atoms with Crippen LogP contribution < -0.4 is 5.32 Å². The summed E-state index contributed by atoms with van der Waals surface area (Å²) in [6.45, 7) is 2.29. The lowest BCUT2D eigenvalue weighted by Gasteiger charge is -2.17. The highest BCUT2D eigenvalue weighted by Gasteiger charge is 2.25. The Hall–Kier alpha value is 0.230. The van der Waals surface area contributed by atoms with Crippen LogP contribution in [0.2, 0.25) is 0 Å². The molecule has 1 rings (SSSR count). The van der Waals surface area contributed by atoms with Crippen LogP contribution in [0, 0.1) is 5.92 Å². The Bertz CT molecular complexity index is 146. The first kappa shape index (κ1) is 12.3. The molecule has 3 nitrogen and oxygen atoms in total. The van der Waals surface area contributed by atoms with E-state index < -0.39 is 0 Å². The Morgan fingerprint density at radius 1 is 1.29 bits per heavy atom. The van der Waals surface area contributed by atoms with E-state index in [1.165, 1.54) is 17.9 Å². The minimum absolute atomic E-state index is 0.686. The van der Waals surface area contributed by atoms with Gasteiger partial charge in [-0.25, -0.2) is 0 Å². The molecule has 0 aromatic carbocycles. The third-order valence-electron chi connectivity index (χ3n) is 2.63. The average molecular weight is 219 g/mol. The zero-order valence-corrected chi connectivity index (χ0v) is 9.94. The highest BCUT2D eigenvalue weighted by Crippen LogP contribution is 2.26. The van der Waals surface area contributed by atoms with Gasteiger partial charge >= 0.3 is 0 Å². The molecule has 0 saturated carbocycles. The SMILES string of the molecule is CNC1CSCC1CCOCCOC. The van der Waals surface area contributed by atoms with Crippen molar-refractivity contribution in [3.63, 3.8) is 0 Å². The van der Waals surface area contributed by atoms with E-state index in [9.17, 15) is 0 Å². The number of methoxy groups -OCH3 is 1. The fourth-order valence-electron chi connectivity index (χ4n) is 1.68. The second-order valence-electron chi connectivity index (χ2n) is 3.59. The van der Waals surface area contributed by atoms with Gasteiger partial charge in [0.1, 0.15) is 0 Å². The van der Waals surface area contributed by atoms with Crippen molar-refractivity contribution in [1.29, 1.82) is 0 Å². The molecule has 1 heterocycles. The van der Waals surface area contributed by atoms with Crippen LogP contribution >= 0.6 is 11.8 Å². The van der Waals surface area contributed by atoms with Gasteiger partial charge in [0.2, 0.25) is 0 Å². The van der Waals surface area contributed by atoms with E-state index in [2.05, 4.69) is 12.4 Å². The maximum absolute atomic E-state index is 5.47. The lowest BCUT2D eigenvalue weighted by Crippen LogP contribution is -2.32. The minimum Gasteiger partial charge on any atom is -0.382 e. The number of hydrogen-bond acceptors (Lipinski definition) is 4. The van der Waals surface area contributed by atoms with Gasteiger partial charge in [-0.1, -0.05) is 0 Å². The van der Waals surface area contributed by atoms with E-state index in [1.54, 1.807) is 7.11 Å². The Labute approximate surface area is 90.9 Å². The van der Waals surface area contributed by atoms with E-state index >= 15 is 0 Å². The molecule has 0 amide bonds. The molecule has 2 atom stereocenters. The van der Waals surface area contributed by atoms with E-state index in [1.807, 2.05) is 11.8 Å². The molecule has 0 spiro atoms. The van der Waals surface area contributed by atoms with Gasteiger partial charge < -0.3 is 14.8 Å². The van der Waals surface area contributed by atoms with Crippen molar-refractivity contribution >= 4 is 11.8 Å². The maximum Gasteiger partial charge on any atom is 0.0700 e. The normalized spacial score (nSPS) is 27.0. The summed E-state index contributed by atoms with van der Waals surface area (Å²) >= 11 is 2.04. The first-order valence-corrected chi connectivity index (χ1v) is 6.35. The summed E-state index contributed by atoms with van der Waals surface area (Å²) < 4.78 is 10.4. The summed E-state index contributed by atoms with van der Waals surface area (Å²) in [6.07, 6.45) is 1.17. The Balaban J connectivity index is 2.00. The summed E-state index contributed by atoms with van der Waals surface area (Å²) in [5.41, 5.74) is 0. The van der Waals surface area contributed by atoms with Crippen LogP contribution in [0.5, 0.6) is 0 Å². The molecule has 0 aromatic rings. The molecular formula is C10H21NO2S. The smallest absolute Gasteiger partial charge is 0.0700 e. The molecule has 1 aliphatic rings. The summed E-state index contributed by atoms with van der Waals surface area (Å²) in [6, 6.07) is 0.686. The molecule has 1 saturated heterocycles. The Kier molecular flexibility index (Phi) is 6.60. The second-order valence-corrected chi connectivity index (χ2v) is 4.66. The molecule has 1 fully saturated rings. The van der Waals surface area contributed by atoms with E-state index in [0.717, 1.165) is 19.1 Å². The highest BCUT2D eigenvalue weighted by molar-refractivity contribution is 7.99. The van der Waals surface area contributed by atoms with Gasteiger partial charge in [-0.3, -0.25) is 0 Å². The molecule has 4 heteroatoms. The zero-order chi connectivity index (χ0) is 10.2. The van der Waals surface area contributed by atoms with Crippen molar-refractivity contribution < 1.29 is 9.47 Å². The van der Waals surface area contributed by atoms with Crippen LogP contribution in [-0.2, 0) is 9.47 Å². The lowest BCUT2D eigenvalue weighted by molar-refractivity contribution is 0.0636. The standard InChI is InChI=1S/C10H21NO2S/c1-11-10-8-14-7-9(10)3-4-13-6-5-12-2/h9-11H,3-8H2,1-2H3. The van der Waals surface area contributed by atoms with Crippen LogP contribution in [0.4, 0.5) is 0 Å². The average Bonchev–Trinajstić information content (AvgIpc) is 2.65. The fourth-order valence-corrected chi connectivity index (χ4v) is 3.21. The van der Waals surface area contributed by atoms with Gasteiger partial charge in [-0.2, -0.15) is 11.8 Å².